The zero-order valence-corrected chi connectivity index (χ0v) is 12.7. The van der Waals surface area contributed by atoms with Crippen LogP contribution in [0.4, 0.5) is 0 Å². The third kappa shape index (κ3) is 10.8. The van der Waals surface area contributed by atoms with Crippen LogP contribution < -0.4 is 18.1 Å². The zero-order valence-electron chi connectivity index (χ0n) is 12.0. The molecule has 0 radical (unpaired) electrons. The van der Waals surface area contributed by atoms with E-state index in [-0.39, 0.29) is 37.1 Å². The summed E-state index contributed by atoms with van der Waals surface area (Å²) in [7, 11) is 0. The molecule has 0 aromatic heterocycles. The van der Waals surface area contributed by atoms with Gasteiger partial charge in [-0.1, -0.05) is 26.7 Å². The highest BCUT2D eigenvalue weighted by molar-refractivity contribution is 5.73. The smallest absolute Gasteiger partial charge is 0.311 e. The van der Waals surface area contributed by atoms with E-state index >= 15 is 0 Å². The molecule has 0 bridgehead atoms. The molecule has 19 heavy (non-hydrogen) atoms. The van der Waals surface area contributed by atoms with Crippen molar-refractivity contribution in [2.45, 2.75) is 52.4 Å². The predicted molar refractivity (Wildman–Crippen MR) is 67.3 cm³/mol. The van der Waals surface area contributed by atoms with Crippen LogP contribution in [-0.2, 0) is 19.1 Å². The Kier molecular flexibility index (Phi) is 14.7. The fourth-order valence-electron chi connectivity index (χ4n) is 1.69. The lowest BCUT2D eigenvalue weighted by Gasteiger charge is -2.14. The highest BCUT2D eigenvalue weighted by Crippen LogP contribution is 2.15. The molecular formula is C13H26ClNO4. The molecule has 0 amide bonds. The van der Waals surface area contributed by atoms with Crippen LogP contribution in [0.2, 0.25) is 0 Å². The fraction of sp³-hybridized carbons (Fsp3) is 0.846. The van der Waals surface area contributed by atoms with E-state index in [0.717, 1.165) is 25.7 Å². The van der Waals surface area contributed by atoms with Crippen LogP contribution in [0.1, 0.15) is 52.4 Å². The summed E-state index contributed by atoms with van der Waals surface area (Å²) in [6.07, 6.45) is 4.56. The van der Waals surface area contributed by atoms with E-state index in [0.29, 0.717) is 19.4 Å². The van der Waals surface area contributed by atoms with E-state index in [1.54, 1.807) is 0 Å². The molecule has 0 atom stereocenters. The summed E-state index contributed by atoms with van der Waals surface area (Å²) in [5.74, 6) is -0.670. The topological polar surface area (TPSA) is 80.2 Å². The first-order chi connectivity index (χ1) is 8.65. The van der Waals surface area contributed by atoms with Crippen LogP contribution in [0.15, 0.2) is 0 Å². The number of hydrogen-bond acceptors (Lipinski definition) is 4. The minimum atomic E-state index is -0.339. The minimum absolute atomic E-state index is 0. The quantitative estimate of drug-likeness (QED) is 0.384. The van der Waals surface area contributed by atoms with Gasteiger partial charge >= 0.3 is 11.9 Å². The molecule has 0 aliphatic carbocycles. The van der Waals surface area contributed by atoms with E-state index in [1.807, 2.05) is 13.8 Å². The van der Waals surface area contributed by atoms with Crippen molar-refractivity contribution in [3.05, 3.63) is 0 Å². The second-order valence-electron chi connectivity index (χ2n) is 4.33. The van der Waals surface area contributed by atoms with E-state index in [9.17, 15) is 9.59 Å². The highest BCUT2D eigenvalue weighted by atomic mass is 35.5. The van der Waals surface area contributed by atoms with E-state index < -0.39 is 0 Å². The maximum absolute atomic E-state index is 11.7. The molecule has 0 saturated carbocycles. The van der Waals surface area contributed by atoms with Gasteiger partial charge in [0.25, 0.3) is 0 Å². The molecular weight excluding hydrogens is 270 g/mol. The first kappa shape index (κ1) is 20.5. The van der Waals surface area contributed by atoms with Gasteiger partial charge in [0, 0.05) is 6.42 Å². The molecule has 0 rings (SSSR count). The molecule has 3 N–H and O–H groups in total. The van der Waals surface area contributed by atoms with Gasteiger partial charge in [0.1, 0.15) is 0 Å². The number of carbonyl (C=O) groups is 2. The Hall–Kier alpha value is -0.810. The molecule has 6 heteroatoms. The van der Waals surface area contributed by atoms with Gasteiger partial charge in [0.15, 0.2) is 0 Å². The van der Waals surface area contributed by atoms with Gasteiger partial charge in [-0.2, -0.15) is 0 Å². The van der Waals surface area contributed by atoms with Gasteiger partial charge in [0.05, 0.1) is 18.9 Å². The predicted octanol–water partition coefficient (Wildman–Crippen LogP) is -1.73. The summed E-state index contributed by atoms with van der Waals surface area (Å²) >= 11 is 0. The maximum Gasteiger partial charge on any atom is 0.311 e. The van der Waals surface area contributed by atoms with Gasteiger partial charge in [-0.05, 0) is 12.8 Å². The monoisotopic (exact) mass is 295 g/mol. The first-order valence-corrected chi connectivity index (χ1v) is 6.77. The highest BCUT2D eigenvalue weighted by Gasteiger charge is 2.18. The molecule has 0 unspecified atom stereocenters. The molecule has 0 saturated heterocycles. The van der Waals surface area contributed by atoms with Crippen molar-refractivity contribution in [3.63, 3.8) is 0 Å². The molecule has 114 valence electrons. The van der Waals surface area contributed by atoms with Crippen molar-refractivity contribution >= 4 is 11.9 Å². The number of halogens is 1. The Morgan fingerprint density at radius 3 is 2.16 bits per heavy atom. The minimum Gasteiger partial charge on any atom is -1.00 e. The summed E-state index contributed by atoms with van der Waals surface area (Å²) in [6.45, 7) is 4.51. The molecule has 0 aliphatic heterocycles. The lowest BCUT2D eigenvalue weighted by molar-refractivity contribution is -0.368. The van der Waals surface area contributed by atoms with Gasteiger partial charge in [0.2, 0.25) is 6.79 Å². The number of esters is 2. The van der Waals surface area contributed by atoms with E-state index in [2.05, 4.69) is 5.73 Å². The van der Waals surface area contributed by atoms with Gasteiger partial charge in [-0.3, -0.25) is 9.59 Å². The molecule has 5 nitrogen and oxygen atoms in total. The van der Waals surface area contributed by atoms with Crippen molar-refractivity contribution in [2.24, 2.45) is 5.92 Å². The molecule has 0 aliphatic rings. The zero-order chi connectivity index (χ0) is 13.8. The van der Waals surface area contributed by atoms with Crippen LogP contribution in [-0.4, -0.2) is 25.3 Å². The van der Waals surface area contributed by atoms with Crippen LogP contribution >= 0.6 is 0 Å². The van der Waals surface area contributed by atoms with Crippen molar-refractivity contribution in [1.29, 1.82) is 0 Å². The lowest BCUT2D eigenvalue weighted by Crippen LogP contribution is -3.00. The summed E-state index contributed by atoms with van der Waals surface area (Å²) < 4.78 is 9.77. The van der Waals surface area contributed by atoms with Crippen LogP contribution in [0, 0.1) is 5.92 Å². The number of carbonyl (C=O) groups excluding carboxylic acids is 2. The molecule has 0 spiro atoms. The van der Waals surface area contributed by atoms with E-state index in [1.165, 1.54) is 0 Å². The van der Waals surface area contributed by atoms with Crippen LogP contribution in [0.5, 0.6) is 0 Å². The number of ether oxygens (including phenoxy) is 2. The first-order valence-electron chi connectivity index (χ1n) is 6.77. The van der Waals surface area contributed by atoms with Crippen LogP contribution in [0.25, 0.3) is 0 Å². The van der Waals surface area contributed by atoms with Crippen LogP contribution in [0.3, 0.4) is 0 Å². The summed E-state index contributed by atoms with van der Waals surface area (Å²) in [6, 6.07) is 0. The summed E-state index contributed by atoms with van der Waals surface area (Å²) in [4.78, 5) is 22.9. The second-order valence-corrected chi connectivity index (χ2v) is 4.33. The Bertz CT molecular complexity index is 243. The Morgan fingerprint density at radius 1 is 1.11 bits per heavy atom. The average Bonchev–Trinajstić information content (AvgIpc) is 2.36. The third-order valence-electron chi connectivity index (χ3n) is 2.66. The van der Waals surface area contributed by atoms with Gasteiger partial charge in [-0.15, -0.1) is 0 Å². The summed E-state index contributed by atoms with van der Waals surface area (Å²) in [5.41, 5.74) is 3.64. The Balaban J connectivity index is 0. The SMILES string of the molecule is CCCC(CCC)C(=O)OCOC(=O)CCC[NH3+].[Cl-]. The largest absolute Gasteiger partial charge is 1.00 e. The fourth-order valence-corrected chi connectivity index (χ4v) is 1.69. The number of rotatable bonds is 10. The Labute approximate surface area is 121 Å². The average molecular weight is 296 g/mol. The molecule has 0 aromatic carbocycles. The normalized spacial score (nSPS) is 9.89. The Morgan fingerprint density at radius 2 is 1.68 bits per heavy atom. The molecule has 0 aromatic rings. The maximum atomic E-state index is 11.7. The summed E-state index contributed by atoms with van der Waals surface area (Å²) in [5, 5.41) is 0. The van der Waals surface area contributed by atoms with Gasteiger partial charge in [-0.25, -0.2) is 0 Å². The van der Waals surface area contributed by atoms with Crippen molar-refractivity contribution in [3.8, 4) is 0 Å². The van der Waals surface area contributed by atoms with Crippen molar-refractivity contribution < 1.29 is 37.2 Å². The number of hydrogen-bond donors (Lipinski definition) is 1. The lowest BCUT2D eigenvalue weighted by atomic mass is 9.99. The van der Waals surface area contributed by atoms with E-state index in [4.69, 9.17) is 9.47 Å². The van der Waals surface area contributed by atoms with Gasteiger partial charge < -0.3 is 27.6 Å². The molecule has 0 heterocycles. The number of quaternary nitrogens is 1. The van der Waals surface area contributed by atoms with Crippen molar-refractivity contribution in [1.82, 2.24) is 0 Å². The second kappa shape index (κ2) is 13.6. The third-order valence-corrected chi connectivity index (χ3v) is 2.66. The van der Waals surface area contributed by atoms with Crippen molar-refractivity contribution in [2.75, 3.05) is 13.3 Å². The molecule has 0 fully saturated rings. The standard InChI is InChI=1S/C13H25NO4.ClH/c1-3-6-11(7-4-2)13(16)18-10-17-12(15)8-5-9-14;/h11H,3-10,14H2,1-2H3;1H.